The molecular weight excluding hydrogens is 220 g/mol. The van der Waals surface area contributed by atoms with Crippen LogP contribution in [-0.4, -0.2) is 25.7 Å². The molecule has 1 saturated carbocycles. The highest BCUT2D eigenvalue weighted by Gasteiger charge is 2.25. The monoisotopic (exact) mass is 240 g/mol. The van der Waals surface area contributed by atoms with Crippen LogP contribution in [-0.2, 0) is 19.1 Å². The third-order valence-electron chi connectivity index (χ3n) is 3.03. The second-order valence-corrected chi connectivity index (χ2v) is 4.18. The van der Waals surface area contributed by atoms with Gasteiger partial charge in [-0.3, -0.25) is 0 Å². The number of hydrogen-bond acceptors (Lipinski definition) is 4. The van der Waals surface area contributed by atoms with Gasteiger partial charge in [0.2, 0.25) is 0 Å². The van der Waals surface area contributed by atoms with E-state index in [1.54, 1.807) is 6.92 Å². The van der Waals surface area contributed by atoms with Crippen LogP contribution in [0.25, 0.3) is 0 Å². The van der Waals surface area contributed by atoms with Gasteiger partial charge in [-0.25, -0.2) is 9.59 Å². The maximum atomic E-state index is 11.8. The molecule has 0 spiro atoms. The topological polar surface area (TPSA) is 52.6 Å². The molecule has 1 aliphatic rings. The van der Waals surface area contributed by atoms with Crippen LogP contribution >= 0.6 is 0 Å². The quantitative estimate of drug-likeness (QED) is 0.558. The van der Waals surface area contributed by atoms with Crippen LogP contribution in [0.15, 0.2) is 11.6 Å². The van der Waals surface area contributed by atoms with Crippen LogP contribution in [0.5, 0.6) is 0 Å². The summed E-state index contributed by atoms with van der Waals surface area (Å²) in [6.45, 7) is 2.08. The maximum absolute atomic E-state index is 11.8. The number of esters is 2. The molecule has 0 bridgehead atoms. The Morgan fingerprint density at radius 2 is 1.88 bits per heavy atom. The Labute approximate surface area is 102 Å². The third kappa shape index (κ3) is 4.21. The molecule has 0 aromatic rings. The van der Waals surface area contributed by atoms with Crippen LogP contribution in [0.4, 0.5) is 0 Å². The van der Waals surface area contributed by atoms with Gasteiger partial charge in [0.15, 0.2) is 0 Å². The summed E-state index contributed by atoms with van der Waals surface area (Å²) in [5.74, 6) is -0.731. The minimum Gasteiger partial charge on any atom is -0.466 e. The molecule has 0 aliphatic heterocycles. The number of carbonyl (C=O) groups excluding carboxylic acids is 2. The van der Waals surface area contributed by atoms with E-state index in [0.29, 0.717) is 12.2 Å². The Balaban J connectivity index is 2.80. The summed E-state index contributed by atoms with van der Waals surface area (Å²) in [4.78, 5) is 23.1. The highest BCUT2D eigenvalue weighted by atomic mass is 16.5. The van der Waals surface area contributed by atoms with Gasteiger partial charge in [0, 0.05) is 11.6 Å². The standard InChI is InChI=1S/C13H20O4/c1-3-17-13(15)11(9-12(14)16-2)10-7-5-4-6-8-10/h9-10H,3-8H2,1-2H3/b11-9-. The van der Waals surface area contributed by atoms with Gasteiger partial charge in [-0.15, -0.1) is 0 Å². The fourth-order valence-electron chi connectivity index (χ4n) is 2.16. The predicted molar refractivity (Wildman–Crippen MR) is 63.3 cm³/mol. The van der Waals surface area contributed by atoms with Crippen molar-refractivity contribution < 1.29 is 19.1 Å². The Bertz CT molecular complexity index is 301. The van der Waals surface area contributed by atoms with E-state index in [1.165, 1.54) is 19.6 Å². The molecule has 0 N–H and O–H groups in total. The van der Waals surface area contributed by atoms with Gasteiger partial charge >= 0.3 is 11.9 Å². The van der Waals surface area contributed by atoms with Crippen molar-refractivity contribution >= 4 is 11.9 Å². The molecule has 1 fully saturated rings. The molecule has 96 valence electrons. The Morgan fingerprint density at radius 1 is 1.24 bits per heavy atom. The smallest absolute Gasteiger partial charge is 0.334 e. The lowest BCUT2D eigenvalue weighted by Gasteiger charge is -2.23. The van der Waals surface area contributed by atoms with E-state index < -0.39 is 5.97 Å². The molecule has 17 heavy (non-hydrogen) atoms. The zero-order chi connectivity index (χ0) is 12.7. The fraction of sp³-hybridized carbons (Fsp3) is 0.692. The number of rotatable bonds is 4. The predicted octanol–water partition coefficient (Wildman–Crippen LogP) is 2.23. The molecule has 0 unspecified atom stereocenters. The Morgan fingerprint density at radius 3 is 2.41 bits per heavy atom. The van der Waals surface area contributed by atoms with E-state index in [0.717, 1.165) is 25.7 Å². The van der Waals surface area contributed by atoms with E-state index in [2.05, 4.69) is 4.74 Å². The summed E-state index contributed by atoms with van der Waals surface area (Å²) in [5.41, 5.74) is 0.471. The van der Waals surface area contributed by atoms with Crippen molar-refractivity contribution in [1.29, 1.82) is 0 Å². The van der Waals surface area contributed by atoms with E-state index in [9.17, 15) is 9.59 Å². The number of methoxy groups -OCH3 is 1. The number of carbonyl (C=O) groups is 2. The van der Waals surface area contributed by atoms with Gasteiger partial charge in [0.25, 0.3) is 0 Å². The minimum atomic E-state index is -0.487. The van der Waals surface area contributed by atoms with Gasteiger partial charge < -0.3 is 9.47 Å². The highest BCUT2D eigenvalue weighted by Crippen LogP contribution is 2.30. The van der Waals surface area contributed by atoms with Crippen molar-refractivity contribution in [2.24, 2.45) is 5.92 Å². The summed E-state index contributed by atoms with van der Waals surface area (Å²) < 4.78 is 9.56. The van der Waals surface area contributed by atoms with Crippen molar-refractivity contribution in [3.8, 4) is 0 Å². The van der Waals surface area contributed by atoms with Crippen LogP contribution < -0.4 is 0 Å². The van der Waals surface area contributed by atoms with E-state index in [-0.39, 0.29) is 11.9 Å². The molecule has 0 radical (unpaired) electrons. The van der Waals surface area contributed by atoms with Crippen molar-refractivity contribution in [2.45, 2.75) is 39.0 Å². The molecule has 1 rings (SSSR count). The summed E-state index contributed by atoms with van der Waals surface area (Å²) >= 11 is 0. The molecular formula is C13H20O4. The van der Waals surface area contributed by atoms with Gasteiger partial charge in [0.1, 0.15) is 0 Å². The zero-order valence-electron chi connectivity index (χ0n) is 10.5. The molecule has 0 amide bonds. The summed E-state index contributed by atoms with van der Waals surface area (Å²) in [6, 6.07) is 0. The molecule has 0 saturated heterocycles. The third-order valence-corrected chi connectivity index (χ3v) is 3.03. The second kappa shape index (κ2) is 7.09. The summed E-state index contributed by atoms with van der Waals surface area (Å²) in [7, 11) is 1.31. The first-order valence-corrected chi connectivity index (χ1v) is 6.15. The minimum absolute atomic E-state index is 0.141. The van der Waals surface area contributed by atoms with Crippen molar-refractivity contribution in [2.75, 3.05) is 13.7 Å². The lowest BCUT2D eigenvalue weighted by Crippen LogP contribution is -2.20. The molecule has 4 heteroatoms. The summed E-state index contributed by atoms with van der Waals surface area (Å²) in [6.07, 6.45) is 6.58. The normalized spacial score (nSPS) is 17.6. The Hall–Kier alpha value is -1.32. The summed E-state index contributed by atoms with van der Waals surface area (Å²) in [5, 5.41) is 0. The molecule has 0 aromatic heterocycles. The number of hydrogen-bond donors (Lipinski definition) is 0. The van der Waals surface area contributed by atoms with Crippen molar-refractivity contribution in [1.82, 2.24) is 0 Å². The molecule has 0 heterocycles. The SMILES string of the molecule is CCOC(=O)/C(=C\C(=O)OC)C1CCCCC1. The van der Waals surface area contributed by atoms with Crippen LogP contribution in [0.3, 0.4) is 0 Å². The first kappa shape index (κ1) is 13.7. The van der Waals surface area contributed by atoms with E-state index in [4.69, 9.17) is 4.74 Å². The van der Waals surface area contributed by atoms with Crippen LogP contribution in [0, 0.1) is 5.92 Å². The maximum Gasteiger partial charge on any atom is 0.334 e. The van der Waals surface area contributed by atoms with Gasteiger partial charge in [0.05, 0.1) is 13.7 Å². The first-order valence-electron chi connectivity index (χ1n) is 6.15. The average molecular weight is 240 g/mol. The Kier molecular flexibility index (Phi) is 5.73. The van der Waals surface area contributed by atoms with Gasteiger partial charge in [-0.05, 0) is 25.7 Å². The fourth-order valence-corrected chi connectivity index (χ4v) is 2.16. The highest BCUT2D eigenvalue weighted by molar-refractivity contribution is 5.96. The van der Waals surface area contributed by atoms with Gasteiger partial charge in [-0.2, -0.15) is 0 Å². The average Bonchev–Trinajstić information content (AvgIpc) is 2.36. The molecule has 0 aromatic carbocycles. The van der Waals surface area contributed by atoms with Crippen molar-refractivity contribution in [3.63, 3.8) is 0 Å². The molecule has 4 nitrogen and oxygen atoms in total. The van der Waals surface area contributed by atoms with Crippen molar-refractivity contribution in [3.05, 3.63) is 11.6 Å². The van der Waals surface area contributed by atoms with Gasteiger partial charge in [-0.1, -0.05) is 19.3 Å². The number of ether oxygens (including phenoxy) is 2. The molecule has 0 atom stereocenters. The van der Waals surface area contributed by atoms with Crippen LogP contribution in [0.1, 0.15) is 39.0 Å². The van der Waals surface area contributed by atoms with E-state index in [1.807, 2.05) is 0 Å². The zero-order valence-corrected chi connectivity index (χ0v) is 10.5. The first-order chi connectivity index (χ1) is 8.19. The second-order valence-electron chi connectivity index (χ2n) is 4.18. The van der Waals surface area contributed by atoms with E-state index >= 15 is 0 Å². The van der Waals surface area contributed by atoms with Crippen LogP contribution in [0.2, 0.25) is 0 Å². The molecule has 1 aliphatic carbocycles. The largest absolute Gasteiger partial charge is 0.466 e. The lowest BCUT2D eigenvalue weighted by atomic mass is 9.83. The lowest BCUT2D eigenvalue weighted by molar-refractivity contribution is -0.140.